The summed E-state index contributed by atoms with van der Waals surface area (Å²) in [5.74, 6) is 0.709. The van der Waals surface area contributed by atoms with Crippen LogP contribution in [0.2, 0.25) is 10.0 Å². The highest BCUT2D eigenvalue weighted by atomic mass is 35.5. The fraction of sp³-hybridized carbons (Fsp3) is 0.238. The van der Waals surface area contributed by atoms with Gasteiger partial charge in [-0.25, -0.2) is 4.98 Å². The molecule has 1 unspecified atom stereocenters. The Labute approximate surface area is 175 Å². The first kappa shape index (κ1) is 20.2. The van der Waals surface area contributed by atoms with Crippen LogP contribution < -0.4 is 10.6 Å². The number of hydrogen-bond acceptors (Lipinski definition) is 2. The summed E-state index contributed by atoms with van der Waals surface area (Å²) in [6, 6.07) is 14.0. The first-order valence-electron chi connectivity index (χ1n) is 9.01. The molecule has 0 saturated heterocycles. The summed E-state index contributed by atoms with van der Waals surface area (Å²) in [7, 11) is 1.75. The topological polar surface area (TPSA) is 54.2 Å². The maximum atomic E-state index is 6.30. The smallest absolute Gasteiger partial charge is 0.191 e. The van der Waals surface area contributed by atoms with Gasteiger partial charge in [-0.15, -0.1) is 0 Å². The predicted molar refractivity (Wildman–Crippen MR) is 116 cm³/mol. The number of aromatic nitrogens is 2. The molecule has 2 aromatic carbocycles. The van der Waals surface area contributed by atoms with E-state index in [-0.39, 0.29) is 6.04 Å². The van der Waals surface area contributed by atoms with Crippen molar-refractivity contribution in [3.8, 4) is 0 Å². The molecule has 1 aromatic heterocycles. The lowest BCUT2D eigenvalue weighted by Gasteiger charge is -2.19. The molecule has 28 heavy (non-hydrogen) atoms. The molecule has 3 aromatic rings. The van der Waals surface area contributed by atoms with Crippen LogP contribution in [0, 0.1) is 0 Å². The Morgan fingerprint density at radius 1 is 1.14 bits per heavy atom. The maximum Gasteiger partial charge on any atom is 0.191 e. The molecule has 0 spiro atoms. The minimum Gasteiger partial charge on any atom is -0.352 e. The number of rotatable bonds is 6. The molecular formula is C21H23Cl2N5. The molecule has 0 radical (unpaired) electrons. The van der Waals surface area contributed by atoms with E-state index in [9.17, 15) is 0 Å². The molecule has 0 aliphatic carbocycles. The number of benzene rings is 2. The van der Waals surface area contributed by atoms with Crippen molar-refractivity contribution in [3.05, 3.63) is 87.9 Å². The lowest BCUT2D eigenvalue weighted by atomic mass is 10.1. The lowest BCUT2D eigenvalue weighted by Crippen LogP contribution is -2.38. The van der Waals surface area contributed by atoms with Gasteiger partial charge in [0.2, 0.25) is 0 Å². The summed E-state index contributed by atoms with van der Waals surface area (Å²) in [6.07, 6.45) is 5.56. The van der Waals surface area contributed by atoms with Gasteiger partial charge in [0.15, 0.2) is 5.96 Å². The number of guanidine groups is 1. The predicted octanol–water partition coefficient (Wildman–Crippen LogP) is 4.66. The molecule has 146 valence electrons. The highest BCUT2D eigenvalue weighted by Crippen LogP contribution is 2.26. The van der Waals surface area contributed by atoms with Crippen molar-refractivity contribution in [2.24, 2.45) is 4.99 Å². The van der Waals surface area contributed by atoms with Crippen LogP contribution in [0.1, 0.15) is 29.7 Å². The highest BCUT2D eigenvalue weighted by molar-refractivity contribution is 6.35. The van der Waals surface area contributed by atoms with Crippen molar-refractivity contribution in [2.45, 2.75) is 26.1 Å². The number of hydrogen-bond donors (Lipinski definition) is 2. The molecule has 0 fully saturated rings. The van der Waals surface area contributed by atoms with E-state index in [4.69, 9.17) is 23.2 Å². The van der Waals surface area contributed by atoms with Crippen LogP contribution in [0.15, 0.2) is 66.2 Å². The van der Waals surface area contributed by atoms with E-state index in [0.717, 1.165) is 12.1 Å². The van der Waals surface area contributed by atoms with Crippen LogP contribution in [-0.4, -0.2) is 22.6 Å². The fourth-order valence-electron chi connectivity index (χ4n) is 2.87. The highest BCUT2D eigenvalue weighted by Gasteiger charge is 2.11. The summed E-state index contributed by atoms with van der Waals surface area (Å²) < 4.78 is 2.04. The molecule has 1 heterocycles. The van der Waals surface area contributed by atoms with Gasteiger partial charge in [-0.2, -0.15) is 0 Å². The van der Waals surface area contributed by atoms with Gasteiger partial charge in [-0.1, -0.05) is 53.5 Å². The molecule has 5 nitrogen and oxygen atoms in total. The van der Waals surface area contributed by atoms with Crippen LogP contribution >= 0.6 is 23.2 Å². The molecule has 2 N–H and O–H groups in total. The van der Waals surface area contributed by atoms with Crippen molar-refractivity contribution in [1.82, 2.24) is 20.2 Å². The van der Waals surface area contributed by atoms with Gasteiger partial charge in [-0.3, -0.25) is 4.99 Å². The van der Waals surface area contributed by atoms with E-state index in [0.29, 0.717) is 22.5 Å². The second kappa shape index (κ2) is 9.62. The first-order chi connectivity index (χ1) is 13.5. The number of nitrogens with one attached hydrogen (secondary N) is 2. The average molecular weight is 416 g/mol. The summed E-state index contributed by atoms with van der Waals surface area (Å²) in [5, 5.41) is 7.95. The minimum atomic E-state index is -0.00600. The molecule has 0 saturated carbocycles. The Kier molecular flexibility index (Phi) is 6.95. The maximum absolute atomic E-state index is 6.30. The monoisotopic (exact) mass is 415 g/mol. The van der Waals surface area contributed by atoms with E-state index in [1.807, 2.05) is 36.1 Å². The summed E-state index contributed by atoms with van der Waals surface area (Å²) in [6.45, 7) is 3.52. The third-order valence-corrected chi connectivity index (χ3v) is 4.98. The van der Waals surface area contributed by atoms with E-state index in [1.54, 1.807) is 19.3 Å². The number of nitrogens with zero attached hydrogens (tertiary/aromatic N) is 3. The van der Waals surface area contributed by atoms with E-state index in [2.05, 4.69) is 44.9 Å². The van der Waals surface area contributed by atoms with Gasteiger partial charge < -0.3 is 15.2 Å². The Balaban J connectivity index is 1.55. The molecule has 1 atom stereocenters. The molecular weight excluding hydrogens is 393 g/mol. The molecule has 0 aliphatic rings. The zero-order valence-corrected chi connectivity index (χ0v) is 17.4. The van der Waals surface area contributed by atoms with Gasteiger partial charge >= 0.3 is 0 Å². The summed E-state index contributed by atoms with van der Waals surface area (Å²) >= 11 is 12.3. The van der Waals surface area contributed by atoms with Gasteiger partial charge in [-0.05, 0) is 35.7 Å². The van der Waals surface area contributed by atoms with E-state index >= 15 is 0 Å². The third-order valence-electron chi connectivity index (χ3n) is 4.41. The molecule has 3 rings (SSSR count). The van der Waals surface area contributed by atoms with Gasteiger partial charge in [0, 0.05) is 42.6 Å². The van der Waals surface area contributed by atoms with Crippen LogP contribution in [0.25, 0.3) is 0 Å². The Bertz CT molecular complexity index is 920. The van der Waals surface area contributed by atoms with Crippen LogP contribution in [0.5, 0.6) is 0 Å². The number of imidazole rings is 1. The molecule has 0 amide bonds. The van der Waals surface area contributed by atoms with Gasteiger partial charge in [0.05, 0.1) is 12.4 Å². The Hall–Kier alpha value is -2.50. The summed E-state index contributed by atoms with van der Waals surface area (Å²) in [4.78, 5) is 8.37. The number of halogens is 2. The lowest BCUT2D eigenvalue weighted by molar-refractivity contribution is 0.685. The van der Waals surface area contributed by atoms with E-state index in [1.165, 1.54) is 11.1 Å². The first-order valence-corrected chi connectivity index (χ1v) is 9.76. The van der Waals surface area contributed by atoms with Crippen molar-refractivity contribution >= 4 is 29.2 Å². The fourth-order valence-corrected chi connectivity index (χ4v) is 3.44. The van der Waals surface area contributed by atoms with Crippen LogP contribution in [0.4, 0.5) is 0 Å². The number of aliphatic imine (C=N–C) groups is 1. The second-order valence-corrected chi connectivity index (χ2v) is 7.35. The zero-order chi connectivity index (χ0) is 19.9. The van der Waals surface area contributed by atoms with Gasteiger partial charge in [0.25, 0.3) is 0 Å². The second-order valence-electron chi connectivity index (χ2n) is 6.51. The van der Waals surface area contributed by atoms with Crippen molar-refractivity contribution in [3.63, 3.8) is 0 Å². The van der Waals surface area contributed by atoms with Crippen molar-refractivity contribution in [2.75, 3.05) is 7.05 Å². The molecule has 0 aliphatic heterocycles. The van der Waals surface area contributed by atoms with Crippen LogP contribution in [0.3, 0.4) is 0 Å². The minimum absolute atomic E-state index is 0.00600. The Morgan fingerprint density at radius 2 is 1.89 bits per heavy atom. The third kappa shape index (κ3) is 5.50. The SMILES string of the molecule is CN=C(NCc1ccc(Cn2ccnc2)cc1)NC(C)c1ccc(Cl)cc1Cl. The van der Waals surface area contributed by atoms with Crippen molar-refractivity contribution in [1.29, 1.82) is 0 Å². The zero-order valence-electron chi connectivity index (χ0n) is 15.9. The van der Waals surface area contributed by atoms with Gasteiger partial charge in [0.1, 0.15) is 0 Å². The Morgan fingerprint density at radius 3 is 2.54 bits per heavy atom. The normalized spacial score (nSPS) is 12.6. The standard InChI is InChI=1S/C21H23Cl2N5/c1-15(19-8-7-18(22)11-20(19)23)27-21(24-2)26-12-16-3-5-17(6-4-16)13-28-10-9-25-14-28/h3-11,14-15H,12-13H2,1-2H3,(H2,24,26,27). The quantitative estimate of drug-likeness (QED) is 0.454. The van der Waals surface area contributed by atoms with E-state index < -0.39 is 0 Å². The molecule has 0 bridgehead atoms. The largest absolute Gasteiger partial charge is 0.352 e. The van der Waals surface area contributed by atoms with Crippen LogP contribution in [-0.2, 0) is 13.1 Å². The average Bonchev–Trinajstić information content (AvgIpc) is 3.19. The summed E-state index contributed by atoms with van der Waals surface area (Å²) in [5.41, 5.74) is 3.38. The van der Waals surface area contributed by atoms with Crippen molar-refractivity contribution < 1.29 is 0 Å². The molecule has 7 heteroatoms.